The van der Waals surface area contributed by atoms with Crippen LogP contribution >= 0.6 is 11.6 Å². The molecule has 0 saturated heterocycles. The number of benzene rings is 1. The Balaban J connectivity index is 2.26. The maximum Gasteiger partial charge on any atom is 0.252 e. The molecule has 21 heavy (non-hydrogen) atoms. The summed E-state index contributed by atoms with van der Waals surface area (Å²) in [5.74, 6) is -0.191. The fraction of sp³-hybridized carbons (Fsp3) is 0.467. The molecule has 5 nitrogen and oxygen atoms in total. The Hall–Kier alpha value is -1.75. The van der Waals surface area contributed by atoms with E-state index in [0.29, 0.717) is 23.4 Å². The molecule has 2 rings (SSSR count). The third kappa shape index (κ3) is 3.47. The zero-order valence-corrected chi connectivity index (χ0v) is 12.8. The van der Waals surface area contributed by atoms with Crippen LogP contribution in [0.1, 0.15) is 48.0 Å². The molecule has 1 amide bonds. The van der Waals surface area contributed by atoms with Gasteiger partial charge < -0.3 is 16.3 Å². The predicted octanol–water partition coefficient (Wildman–Crippen LogP) is 2.83. The fourth-order valence-electron chi connectivity index (χ4n) is 2.85. The van der Waals surface area contributed by atoms with Crippen molar-refractivity contribution >= 4 is 23.3 Å². The Labute approximate surface area is 129 Å². The van der Waals surface area contributed by atoms with Gasteiger partial charge in [0.25, 0.3) is 5.91 Å². The molecule has 1 aromatic carbocycles. The second-order valence-electron chi connectivity index (χ2n) is 5.60. The number of amides is 1. The zero-order valence-electron chi connectivity index (χ0n) is 12.0. The lowest BCUT2D eigenvalue weighted by Gasteiger charge is -2.36. The quantitative estimate of drug-likeness (QED) is 0.347. The van der Waals surface area contributed by atoms with Crippen LogP contribution in [0.25, 0.3) is 0 Å². The smallest absolute Gasteiger partial charge is 0.252 e. The Morgan fingerprint density at radius 2 is 2.00 bits per heavy atom. The molecule has 0 aromatic heterocycles. The van der Waals surface area contributed by atoms with Gasteiger partial charge in [-0.05, 0) is 43.5 Å². The molecular formula is C15H20ClN3O2. The fourth-order valence-corrected chi connectivity index (χ4v) is 3.14. The first kappa shape index (κ1) is 15.6. The number of carbonyl (C=O) groups is 1. The number of halogens is 1. The van der Waals surface area contributed by atoms with E-state index < -0.39 is 5.54 Å². The van der Waals surface area contributed by atoms with Crippen molar-refractivity contribution in [2.24, 2.45) is 10.9 Å². The minimum absolute atomic E-state index is 0.0642. The van der Waals surface area contributed by atoms with Crippen molar-refractivity contribution in [3.8, 4) is 0 Å². The molecule has 0 aliphatic heterocycles. The van der Waals surface area contributed by atoms with Crippen molar-refractivity contribution in [2.75, 3.05) is 0 Å². The molecule has 6 heteroatoms. The molecule has 4 N–H and O–H groups in total. The van der Waals surface area contributed by atoms with Gasteiger partial charge >= 0.3 is 0 Å². The predicted molar refractivity (Wildman–Crippen MR) is 82.9 cm³/mol. The summed E-state index contributed by atoms with van der Waals surface area (Å²) in [4.78, 5) is 12.5. The van der Waals surface area contributed by atoms with Crippen LogP contribution in [0.3, 0.4) is 0 Å². The lowest BCUT2D eigenvalue weighted by atomic mass is 9.80. The van der Waals surface area contributed by atoms with Crippen LogP contribution < -0.4 is 11.1 Å². The van der Waals surface area contributed by atoms with Gasteiger partial charge in [0.2, 0.25) is 0 Å². The molecule has 0 atom stereocenters. The number of amidine groups is 1. The highest BCUT2D eigenvalue weighted by atomic mass is 35.5. The molecule has 1 fully saturated rings. The number of nitrogens with one attached hydrogen (secondary N) is 1. The average Bonchev–Trinajstić information content (AvgIpc) is 2.46. The molecule has 0 radical (unpaired) electrons. The summed E-state index contributed by atoms with van der Waals surface area (Å²) in [6.07, 6.45) is 4.31. The van der Waals surface area contributed by atoms with Gasteiger partial charge in [0.1, 0.15) is 5.54 Å². The van der Waals surface area contributed by atoms with Crippen LogP contribution in [0, 0.1) is 6.92 Å². The summed E-state index contributed by atoms with van der Waals surface area (Å²) in [6.45, 7) is 1.88. The van der Waals surface area contributed by atoms with Gasteiger partial charge in [-0.2, -0.15) is 0 Å². The molecule has 1 aliphatic carbocycles. The number of carbonyl (C=O) groups excluding carboxylic acids is 1. The van der Waals surface area contributed by atoms with E-state index >= 15 is 0 Å². The summed E-state index contributed by atoms with van der Waals surface area (Å²) in [5, 5.41) is 15.6. The normalized spacial score (nSPS) is 18.3. The number of aryl methyl sites for hydroxylation is 1. The number of nitrogens with two attached hydrogens (primary N) is 1. The minimum Gasteiger partial charge on any atom is -0.409 e. The molecule has 1 aromatic rings. The van der Waals surface area contributed by atoms with Crippen LogP contribution in [0.4, 0.5) is 0 Å². The maximum atomic E-state index is 12.5. The Morgan fingerprint density at radius 1 is 1.33 bits per heavy atom. The largest absolute Gasteiger partial charge is 0.409 e. The third-order valence-electron chi connectivity index (χ3n) is 3.96. The highest BCUT2D eigenvalue weighted by Crippen LogP contribution is 2.29. The van der Waals surface area contributed by atoms with Gasteiger partial charge in [-0.1, -0.05) is 36.0 Å². The Bertz CT molecular complexity index is 546. The van der Waals surface area contributed by atoms with E-state index in [1.807, 2.05) is 6.92 Å². The maximum absolute atomic E-state index is 12.5. The van der Waals surface area contributed by atoms with Crippen molar-refractivity contribution in [3.05, 3.63) is 34.3 Å². The van der Waals surface area contributed by atoms with Crippen molar-refractivity contribution < 1.29 is 10.0 Å². The minimum atomic E-state index is -0.764. The van der Waals surface area contributed by atoms with Gasteiger partial charge in [-0.15, -0.1) is 0 Å². The SMILES string of the molecule is Cc1cc(Cl)cc(C(=O)NC2(/C(N)=N/O)CCCCC2)c1. The summed E-state index contributed by atoms with van der Waals surface area (Å²) >= 11 is 5.99. The van der Waals surface area contributed by atoms with Crippen LogP contribution in [0.5, 0.6) is 0 Å². The molecule has 0 bridgehead atoms. The molecule has 0 heterocycles. The first-order valence-corrected chi connectivity index (χ1v) is 7.42. The number of nitrogens with zero attached hydrogens (tertiary/aromatic N) is 1. The van der Waals surface area contributed by atoms with Gasteiger partial charge in [0.15, 0.2) is 5.84 Å². The molecule has 114 valence electrons. The molecule has 0 spiro atoms. The summed E-state index contributed by atoms with van der Waals surface area (Å²) in [6, 6.07) is 5.18. The number of hydrogen-bond donors (Lipinski definition) is 3. The van der Waals surface area contributed by atoms with Gasteiger partial charge in [-0.3, -0.25) is 4.79 Å². The van der Waals surface area contributed by atoms with Crippen LogP contribution in [0.15, 0.2) is 23.4 Å². The molecular weight excluding hydrogens is 290 g/mol. The average molecular weight is 310 g/mol. The molecule has 1 aliphatic rings. The van der Waals surface area contributed by atoms with E-state index in [9.17, 15) is 4.79 Å². The van der Waals surface area contributed by atoms with Crippen LogP contribution in [-0.2, 0) is 0 Å². The van der Waals surface area contributed by atoms with Crippen LogP contribution in [0.2, 0.25) is 5.02 Å². The first-order valence-electron chi connectivity index (χ1n) is 7.04. The van der Waals surface area contributed by atoms with Crippen molar-refractivity contribution in [1.82, 2.24) is 5.32 Å². The van der Waals surface area contributed by atoms with E-state index in [2.05, 4.69) is 10.5 Å². The number of oxime groups is 1. The van der Waals surface area contributed by atoms with E-state index in [1.165, 1.54) is 0 Å². The van der Waals surface area contributed by atoms with E-state index in [4.69, 9.17) is 22.5 Å². The van der Waals surface area contributed by atoms with Gasteiger partial charge in [0, 0.05) is 10.6 Å². The monoisotopic (exact) mass is 309 g/mol. The highest BCUT2D eigenvalue weighted by Gasteiger charge is 2.38. The molecule has 1 saturated carbocycles. The third-order valence-corrected chi connectivity index (χ3v) is 4.18. The standard InChI is InChI=1S/C15H20ClN3O2/c1-10-7-11(9-12(16)8-10)13(20)18-15(14(17)19-21)5-3-2-4-6-15/h7-9,21H,2-6H2,1H3,(H2,17,19)(H,18,20). The summed E-state index contributed by atoms with van der Waals surface area (Å²) in [5.41, 5.74) is 6.46. The summed E-state index contributed by atoms with van der Waals surface area (Å²) in [7, 11) is 0. The number of rotatable bonds is 3. The topological polar surface area (TPSA) is 87.7 Å². The highest BCUT2D eigenvalue weighted by molar-refractivity contribution is 6.31. The van der Waals surface area contributed by atoms with Crippen molar-refractivity contribution in [2.45, 2.75) is 44.6 Å². The van der Waals surface area contributed by atoms with Crippen LogP contribution in [-0.4, -0.2) is 22.5 Å². The van der Waals surface area contributed by atoms with Gasteiger partial charge in [0.05, 0.1) is 0 Å². The van der Waals surface area contributed by atoms with Crippen molar-refractivity contribution in [3.63, 3.8) is 0 Å². The second kappa shape index (κ2) is 6.35. The summed E-state index contributed by atoms with van der Waals surface area (Å²) < 4.78 is 0. The molecule has 0 unspecified atom stereocenters. The van der Waals surface area contributed by atoms with E-state index in [-0.39, 0.29) is 11.7 Å². The lowest BCUT2D eigenvalue weighted by molar-refractivity contribution is 0.0905. The van der Waals surface area contributed by atoms with E-state index in [0.717, 1.165) is 24.8 Å². The van der Waals surface area contributed by atoms with Gasteiger partial charge in [-0.25, -0.2) is 0 Å². The Morgan fingerprint density at radius 3 is 2.57 bits per heavy atom. The van der Waals surface area contributed by atoms with E-state index in [1.54, 1.807) is 18.2 Å². The zero-order chi connectivity index (χ0) is 15.5. The second-order valence-corrected chi connectivity index (χ2v) is 6.04. The Kier molecular flexibility index (Phi) is 4.73. The lowest BCUT2D eigenvalue weighted by Crippen LogP contribution is -2.58. The number of hydrogen-bond acceptors (Lipinski definition) is 3. The first-order chi connectivity index (χ1) is 9.97. The van der Waals surface area contributed by atoms with Crippen molar-refractivity contribution in [1.29, 1.82) is 0 Å².